The number of aryl methyl sites for hydroxylation is 1. The summed E-state index contributed by atoms with van der Waals surface area (Å²) in [6, 6.07) is 0.649. The molecule has 1 aliphatic heterocycles. The van der Waals surface area contributed by atoms with Crippen LogP contribution in [0, 0.1) is 0 Å². The van der Waals surface area contributed by atoms with Crippen LogP contribution in [0.4, 0.5) is 0 Å². The number of aromatic nitrogens is 3. The lowest BCUT2D eigenvalue weighted by Crippen LogP contribution is -2.43. The van der Waals surface area contributed by atoms with Gasteiger partial charge in [-0.05, 0) is 32.4 Å². The number of nitrogens with zero attached hydrogens (tertiary/aromatic N) is 4. The molecule has 1 atom stereocenters. The number of piperidine rings is 1. The van der Waals surface area contributed by atoms with Crippen molar-refractivity contribution in [1.29, 1.82) is 0 Å². The van der Waals surface area contributed by atoms with E-state index in [-0.39, 0.29) is 0 Å². The van der Waals surface area contributed by atoms with E-state index in [2.05, 4.69) is 34.1 Å². The molecule has 1 N–H and O–H groups in total. The fourth-order valence-corrected chi connectivity index (χ4v) is 2.71. The Morgan fingerprint density at radius 3 is 3.00 bits per heavy atom. The van der Waals surface area contributed by atoms with Gasteiger partial charge in [0.2, 0.25) is 0 Å². The van der Waals surface area contributed by atoms with Gasteiger partial charge in [-0.15, -0.1) is 0 Å². The van der Waals surface area contributed by atoms with E-state index in [0.29, 0.717) is 6.04 Å². The monoisotopic (exact) mass is 265 g/mol. The first-order chi connectivity index (χ1) is 9.33. The minimum atomic E-state index is 0.649. The molecule has 1 aromatic rings. The van der Waals surface area contributed by atoms with E-state index < -0.39 is 0 Å². The topological polar surface area (TPSA) is 46.0 Å². The van der Waals surface area contributed by atoms with Crippen molar-refractivity contribution < 1.29 is 0 Å². The fourth-order valence-electron chi connectivity index (χ4n) is 2.71. The SMILES string of the molecule is CCCn1ncnc1CN(CC)CC1CCCCN1. The summed E-state index contributed by atoms with van der Waals surface area (Å²) in [7, 11) is 0. The lowest BCUT2D eigenvalue weighted by atomic mass is 10.0. The first-order valence-electron chi connectivity index (χ1n) is 7.66. The van der Waals surface area contributed by atoms with Gasteiger partial charge in [-0.3, -0.25) is 4.90 Å². The van der Waals surface area contributed by atoms with Crippen LogP contribution in [0.15, 0.2) is 6.33 Å². The van der Waals surface area contributed by atoms with Gasteiger partial charge in [0, 0.05) is 19.1 Å². The summed E-state index contributed by atoms with van der Waals surface area (Å²) in [6.07, 6.45) is 6.77. The quantitative estimate of drug-likeness (QED) is 0.814. The van der Waals surface area contributed by atoms with Gasteiger partial charge in [0.1, 0.15) is 12.2 Å². The lowest BCUT2D eigenvalue weighted by molar-refractivity contribution is 0.218. The molecule has 0 bridgehead atoms. The highest BCUT2D eigenvalue weighted by Gasteiger charge is 2.17. The smallest absolute Gasteiger partial charge is 0.141 e. The summed E-state index contributed by atoms with van der Waals surface area (Å²) in [6.45, 7) is 9.64. The van der Waals surface area contributed by atoms with Gasteiger partial charge in [-0.25, -0.2) is 9.67 Å². The highest BCUT2D eigenvalue weighted by atomic mass is 15.3. The number of hydrogen-bond acceptors (Lipinski definition) is 4. The Kier molecular flexibility index (Phi) is 5.79. The Labute approximate surface area is 116 Å². The average Bonchev–Trinajstić information content (AvgIpc) is 2.87. The van der Waals surface area contributed by atoms with Crippen LogP contribution < -0.4 is 5.32 Å². The van der Waals surface area contributed by atoms with E-state index in [1.165, 1.54) is 25.8 Å². The second-order valence-corrected chi connectivity index (χ2v) is 5.37. The maximum absolute atomic E-state index is 4.41. The summed E-state index contributed by atoms with van der Waals surface area (Å²) >= 11 is 0. The van der Waals surface area contributed by atoms with Crippen LogP contribution in [-0.4, -0.2) is 45.3 Å². The molecule has 1 aliphatic rings. The molecule has 0 aromatic carbocycles. The van der Waals surface area contributed by atoms with E-state index in [4.69, 9.17) is 0 Å². The van der Waals surface area contributed by atoms with Crippen molar-refractivity contribution in [2.45, 2.75) is 58.7 Å². The molecule has 5 heteroatoms. The van der Waals surface area contributed by atoms with Crippen molar-refractivity contribution in [3.05, 3.63) is 12.2 Å². The molecule has 1 aromatic heterocycles. The van der Waals surface area contributed by atoms with Gasteiger partial charge in [0.05, 0.1) is 6.54 Å². The van der Waals surface area contributed by atoms with Crippen molar-refractivity contribution in [2.24, 2.45) is 0 Å². The molecular formula is C14H27N5. The molecule has 1 saturated heterocycles. The van der Waals surface area contributed by atoms with E-state index in [0.717, 1.165) is 38.4 Å². The average molecular weight is 265 g/mol. The first-order valence-corrected chi connectivity index (χ1v) is 7.66. The molecule has 108 valence electrons. The van der Waals surface area contributed by atoms with Gasteiger partial charge >= 0.3 is 0 Å². The third-order valence-electron chi connectivity index (χ3n) is 3.83. The Bertz CT molecular complexity index is 356. The third-order valence-corrected chi connectivity index (χ3v) is 3.83. The minimum Gasteiger partial charge on any atom is -0.313 e. The van der Waals surface area contributed by atoms with E-state index in [1.54, 1.807) is 6.33 Å². The summed E-state index contributed by atoms with van der Waals surface area (Å²) in [5, 5.41) is 7.92. The maximum Gasteiger partial charge on any atom is 0.141 e. The molecule has 1 unspecified atom stereocenters. The van der Waals surface area contributed by atoms with Crippen molar-refractivity contribution >= 4 is 0 Å². The molecule has 0 aliphatic carbocycles. The van der Waals surface area contributed by atoms with E-state index in [1.807, 2.05) is 4.68 Å². The predicted octanol–water partition coefficient (Wildman–Crippen LogP) is 1.65. The molecule has 0 radical (unpaired) electrons. The zero-order valence-corrected chi connectivity index (χ0v) is 12.3. The Hall–Kier alpha value is -0.940. The molecule has 1 fully saturated rings. The maximum atomic E-state index is 4.41. The summed E-state index contributed by atoms with van der Waals surface area (Å²) < 4.78 is 2.04. The molecule has 5 nitrogen and oxygen atoms in total. The van der Waals surface area contributed by atoms with E-state index >= 15 is 0 Å². The lowest BCUT2D eigenvalue weighted by Gasteiger charge is -2.29. The molecule has 2 heterocycles. The number of rotatable bonds is 7. The zero-order chi connectivity index (χ0) is 13.5. The van der Waals surface area contributed by atoms with Gasteiger partial charge < -0.3 is 5.32 Å². The molecule has 19 heavy (non-hydrogen) atoms. The summed E-state index contributed by atoms with van der Waals surface area (Å²) in [5.41, 5.74) is 0. The molecule has 2 rings (SSSR count). The van der Waals surface area contributed by atoms with Crippen LogP contribution >= 0.6 is 0 Å². The Morgan fingerprint density at radius 1 is 1.42 bits per heavy atom. The Morgan fingerprint density at radius 2 is 2.32 bits per heavy atom. The summed E-state index contributed by atoms with van der Waals surface area (Å²) in [4.78, 5) is 6.88. The van der Waals surface area contributed by atoms with Crippen molar-refractivity contribution in [3.63, 3.8) is 0 Å². The van der Waals surface area contributed by atoms with Crippen molar-refractivity contribution in [3.8, 4) is 0 Å². The number of likely N-dealkylation sites (N-methyl/N-ethyl adjacent to an activating group) is 1. The number of hydrogen-bond donors (Lipinski definition) is 1. The van der Waals surface area contributed by atoms with Crippen LogP contribution in [-0.2, 0) is 13.1 Å². The predicted molar refractivity (Wildman–Crippen MR) is 76.9 cm³/mol. The van der Waals surface area contributed by atoms with Crippen LogP contribution in [0.1, 0.15) is 45.4 Å². The highest BCUT2D eigenvalue weighted by Crippen LogP contribution is 2.10. The normalized spacial score (nSPS) is 20.1. The zero-order valence-electron chi connectivity index (χ0n) is 12.3. The van der Waals surface area contributed by atoms with Gasteiger partial charge in [0.25, 0.3) is 0 Å². The van der Waals surface area contributed by atoms with Gasteiger partial charge in [-0.1, -0.05) is 20.3 Å². The third kappa shape index (κ3) is 4.28. The molecule has 0 spiro atoms. The van der Waals surface area contributed by atoms with Crippen molar-refractivity contribution in [2.75, 3.05) is 19.6 Å². The second kappa shape index (κ2) is 7.60. The van der Waals surface area contributed by atoms with Crippen LogP contribution in [0.5, 0.6) is 0 Å². The van der Waals surface area contributed by atoms with Crippen LogP contribution in [0.25, 0.3) is 0 Å². The Balaban J connectivity index is 1.88. The second-order valence-electron chi connectivity index (χ2n) is 5.37. The van der Waals surface area contributed by atoms with Gasteiger partial charge in [0.15, 0.2) is 0 Å². The van der Waals surface area contributed by atoms with E-state index in [9.17, 15) is 0 Å². The largest absolute Gasteiger partial charge is 0.313 e. The van der Waals surface area contributed by atoms with Gasteiger partial charge in [-0.2, -0.15) is 5.10 Å². The molecule has 0 saturated carbocycles. The molecule has 0 amide bonds. The first kappa shape index (κ1) is 14.5. The molecular weight excluding hydrogens is 238 g/mol. The highest BCUT2D eigenvalue weighted by molar-refractivity contribution is 4.86. The summed E-state index contributed by atoms with van der Waals surface area (Å²) in [5.74, 6) is 1.10. The van der Waals surface area contributed by atoms with Crippen LogP contribution in [0.3, 0.4) is 0 Å². The van der Waals surface area contributed by atoms with Crippen molar-refractivity contribution in [1.82, 2.24) is 25.0 Å². The standard InChI is InChI=1S/C14H27N5/c1-3-9-19-14(16-12-17-19)11-18(4-2)10-13-7-5-6-8-15-13/h12-13,15H,3-11H2,1-2H3. The fraction of sp³-hybridized carbons (Fsp3) is 0.857. The minimum absolute atomic E-state index is 0.649. The van der Waals surface area contributed by atoms with Crippen LogP contribution in [0.2, 0.25) is 0 Å². The number of nitrogens with one attached hydrogen (secondary N) is 1.